The van der Waals surface area contributed by atoms with Gasteiger partial charge in [-0.3, -0.25) is 9.58 Å². The van der Waals surface area contributed by atoms with E-state index in [1.165, 1.54) is 4.90 Å². The van der Waals surface area contributed by atoms with Gasteiger partial charge in [-0.05, 0) is 18.2 Å². The molecule has 0 radical (unpaired) electrons. The molecule has 0 unspecified atom stereocenters. The number of carbonyl (C=O) groups is 2. The molecular formula is C15H21BrN4O2. The van der Waals surface area contributed by atoms with Crippen molar-refractivity contribution < 1.29 is 9.59 Å². The Morgan fingerprint density at radius 2 is 2.14 bits per heavy atom. The van der Waals surface area contributed by atoms with Crippen LogP contribution in [0.5, 0.6) is 0 Å². The highest BCUT2D eigenvalue weighted by atomic mass is 79.9. The van der Waals surface area contributed by atoms with Crippen molar-refractivity contribution in [2.75, 3.05) is 18.5 Å². The number of benzene rings is 1. The van der Waals surface area contributed by atoms with Crippen molar-refractivity contribution in [2.45, 2.75) is 20.3 Å². The fourth-order valence-corrected chi connectivity index (χ4v) is 2.38. The lowest BCUT2D eigenvalue weighted by Crippen LogP contribution is -2.39. The molecule has 0 saturated heterocycles. The molecule has 0 saturated carbocycles. The molecule has 1 N–H and O–H groups in total. The Hall–Kier alpha value is -1.89. The molecule has 0 aliphatic heterocycles. The lowest BCUT2D eigenvalue weighted by atomic mass is 10.2. The van der Waals surface area contributed by atoms with Crippen molar-refractivity contribution in [1.29, 1.82) is 0 Å². The van der Waals surface area contributed by atoms with Crippen LogP contribution in [0.25, 0.3) is 10.9 Å². The second-order valence-electron chi connectivity index (χ2n) is 4.27. The van der Waals surface area contributed by atoms with Gasteiger partial charge in [0.05, 0.1) is 5.52 Å². The quantitative estimate of drug-likeness (QED) is 0.843. The number of halogens is 1. The van der Waals surface area contributed by atoms with Gasteiger partial charge in [0, 0.05) is 36.9 Å². The summed E-state index contributed by atoms with van der Waals surface area (Å²) >= 11 is 3.42. The zero-order valence-corrected chi connectivity index (χ0v) is 14.8. The molecule has 0 atom stereocenters. The molecule has 2 rings (SSSR count). The molecule has 0 spiro atoms. The minimum absolute atomic E-state index is 0.266. The van der Waals surface area contributed by atoms with E-state index in [2.05, 4.69) is 26.3 Å². The zero-order valence-electron chi connectivity index (χ0n) is 13.3. The summed E-state index contributed by atoms with van der Waals surface area (Å²) in [6.07, 6.45) is 1.06. The number of nitrogens with one attached hydrogen (secondary N) is 1. The van der Waals surface area contributed by atoms with Crippen molar-refractivity contribution in [3.63, 3.8) is 0 Å². The van der Waals surface area contributed by atoms with Crippen LogP contribution >= 0.6 is 15.9 Å². The molecule has 1 aromatic carbocycles. The first-order valence-corrected chi connectivity index (χ1v) is 7.93. The average molecular weight is 369 g/mol. The third-order valence-corrected chi connectivity index (χ3v) is 3.47. The van der Waals surface area contributed by atoms with E-state index in [-0.39, 0.29) is 12.5 Å². The number of aromatic nitrogens is 2. The highest BCUT2D eigenvalue weighted by Gasteiger charge is 2.20. The molecule has 7 heteroatoms. The standard InChI is InChI=1S/C13H15BrN4O2.C2H6/c1-15-13(20)18(6-3-7-19)12-10-5-4-9(14)8-11(10)17(2)16-12;1-2/h4-5,7-8H,3,6H2,1-2H3,(H,15,20);1-2H3. The summed E-state index contributed by atoms with van der Waals surface area (Å²) < 4.78 is 2.66. The largest absolute Gasteiger partial charge is 0.341 e. The van der Waals surface area contributed by atoms with E-state index in [0.29, 0.717) is 12.4 Å². The third kappa shape index (κ3) is 3.85. The van der Waals surface area contributed by atoms with Crippen LogP contribution in [0.3, 0.4) is 0 Å². The highest BCUT2D eigenvalue weighted by Crippen LogP contribution is 2.28. The van der Waals surface area contributed by atoms with Crippen molar-refractivity contribution in [3.05, 3.63) is 22.7 Å². The fourth-order valence-electron chi connectivity index (χ4n) is 2.03. The van der Waals surface area contributed by atoms with E-state index in [9.17, 15) is 9.59 Å². The minimum atomic E-state index is -0.283. The molecule has 6 nitrogen and oxygen atoms in total. The van der Waals surface area contributed by atoms with Crippen LogP contribution in [0.4, 0.5) is 10.6 Å². The number of rotatable bonds is 4. The van der Waals surface area contributed by atoms with E-state index < -0.39 is 0 Å². The molecule has 22 heavy (non-hydrogen) atoms. The second kappa shape index (κ2) is 8.53. The van der Waals surface area contributed by atoms with Gasteiger partial charge in [0.25, 0.3) is 0 Å². The molecule has 0 aliphatic carbocycles. The lowest BCUT2D eigenvalue weighted by Gasteiger charge is -2.18. The van der Waals surface area contributed by atoms with Gasteiger partial charge >= 0.3 is 6.03 Å². The van der Waals surface area contributed by atoms with Crippen LogP contribution in [-0.2, 0) is 11.8 Å². The Balaban J connectivity index is 0.00000116. The molecule has 1 heterocycles. The Labute approximate surface area is 138 Å². The summed E-state index contributed by atoms with van der Waals surface area (Å²) in [5.74, 6) is 0.552. The smallest absolute Gasteiger partial charge is 0.322 e. The van der Waals surface area contributed by atoms with Crippen molar-refractivity contribution in [1.82, 2.24) is 15.1 Å². The zero-order chi connectivity index (χ0) is 16.7. The molecule has 120 valence electrons. The first kappa shape index (κ1) is 18.2. The topological polar surface area (TPSA) is 67.2 Å². The monoisotopic (exact) mass is 368 g/mol. The molecule has 0 aliphatic rings. The van der Waals surface area contributed by atoms with Crippen molar-refractivity contribution in [3.8, 4) is 0 Å². The van der Waals surface area contributed by atoms with Crippen LogP contribution in [-0.4, -0.2) is 35.7 Å². The van der Waals surface area contributed by atoms with E-state index >= 15 is 0 Å². The van der Waals surface area contributed by atoms with E-state index in [4.69, 9.17) is 0 Å². The Morgan fingerprint density at radius 3 is 2.73 bits per heavy atom. The Morgan fingerprint density at radius 1 is 1.45 bits per heavy atom. The summed E-state index contributed by atoms with van der Waals surface area (Å²) in [5.41, 5.74) is 0.911. The van der Waals surface area contributed by atoms with Gasteiger partial charge in [0.15, 0.2) is 5.82 Å². The predicted octanol–water partition coefficient (Wildman–Crippen LogP) is 3.10. The average Bonchev–Trinajstić information content (AvgIpc) is 2.86. The number of amides is 2. The van der Waals surface area contributed by atoms with Gasteiger partial charge in [-0.1, -0.05) is 29.8 Å². The Bertz CT molecular complexity index is 654. The van der Waals surface area contributed by atoms with Gasteiger partial charge in [0.1, 0.15) is 6.29 Å². The summed E-state index contributed by atoms with van der Waals surface area (Å²) in [4.78, 5) is 24.0. The van der Waals surface area contributed by atoms with Crippen molar-refractivity contribution in [2.24, 2.45) is 7.05 Å². The number of hydrogen-bond donors (Lipinski definition) is 1. The number of fused-ring (bicyclic) bond motifs is 1. The van der Waals surface area contributed by atoms with Gasteiger partial charge in [-0.15, -0.1) is 0 Å². The van der Waals surface area contributed by atoms with Gasteiger partial charge < -0.3 is 10.1 Å². The molecule has 1 aromatic heterocycles. The van der Waals surface area contributed by atoms with Gasteiger partial charge in [-0.25, -0.2) is 4.79 Å². The molecule has 0 bridgehead atoms. The summed E-state index contributed by atoms with van der Waals surface area (Å²) in [6.45, 7) is 4.30. The first-order valence-electron chi connectivity index (χ1n) is 7.13. The number of anilines is 1. The van der Waals surface area contributed by atoms with Crippen molar-refractivity contribution >= 4 is 45.0 Å². The molecular weight excluding hydrogens is 348 g/mol. The maximum atomic E-state index is 12.0. The van der Waals surface area contributed by atoms with Crippen LogP contribution in [0.15, 0.2) is 22.7 Å². The molecule has 0 fully saturated rings. The Kier molecular flexibility index (Phi) is 7.04. The third-order valence-electron chi connectivity index (χ3n) is 2.98. The summed E-state index contributed by atoms with van der Waals surface area (Å²) in [6, 6.07) is 5.45. The fraction of sp³-hybridized carbons (Fsp3) is 0.400. The maximum absolute atomic E-state index is 12.0. The molecule has 2 amide bonds. The van der Waals surface area contributed by atoms with Crippen LogP contribution in [0, 0.1) is 0 Å². The number of carbonyl (C=O) groups excluding carboxylic acids is 2. The van der Waals surface area contributed by atoms with Gasteiger partial charge in [0.2, 0.25) is 0 Å². The summed E-state index contributed by atoms with van der Waals surface area (Å²) in [7, 11) is 3.37. The van der Waals surface area contributed by atoms with Crippen LogP contribution in [0.1, 0.15) is 20.3 Å². The van der Waals surface area contributed by atoms with E-state index in [1.807, 2.05) is 39.1 Å². The highest BCUT2D eigenvalue weighted by molar-refractivity contribution is 9.10. The maximum Gasteiger partial charge on any atom is 0.322 e. The number of aryl methyl sites for hydroxylation is 1. The lowest BCUT2D eigenvalue weighted by molar-refractivity contribution is -0.107. The SMILES string of the molecule is CC.CNC(=O)N(CCC=O)c1nn(C)c2cc(Br)ccc12. The first-order chi connectivity index (χ1) is 10.6. The van der Waals surface area contributed by atoms with Crippen LogP contribution in [0.2, 0.25) is 0 Å². The van der Waals surface area contributed by atoms with Crippen LogP contribution < -0.4 is 10.2 Å². The predicted molar refractivity (Wildman–Crippen MR) is 92.2 cm³/mol. The van der Waals surface area contributed by atoms with E-state index in [1.54, 1.807) is 11.7 Å². The number of urea groups is 1. The second-order valence-corrected chi connectivity index (χ2v) is 5.19. The van der Waals surface area contributed by atoms with Gasteiger partial charge in [-0.2, -0.15) is 5.10 Å². The number of hydrogen-bond acceptors (Lipinski definition) is 3. The van der Waals surface area contributed by atoms with E-state index in [0.717, 1.165) is 21.7 Å². The minimum Gasteiger partial charge on any atom is -0.341 e. The molecule has 2 aromatic rings. The number of aldehydes is 1. The summed E-state index contributed by atoms with van der Waals surface area (Å²) in [5, 5.41) is 7.83. The normalized spacial score (nSPS) is 9.86. The number of nitrogens with zero attached hydrogens (tertiary/aromatic N) is 3.